The van der Waals surface area contributed by atoms with Gasteiger partial charge in [0.25, 0.3) is 0 Å². The molecule has 126 valence electrons. The van der Waals surface area contributed by atoms with Crippen LogP contribution in [-0.4, -0.2) is 5.91 Å². The molecule has 0 heterocycles. The Balaban J connectivity index is 1.66. The summed E-state index contributed by atoms with van der Waals surface area (Å²) in [6.45, 7) is 0. The van der Waals surface area contributed by atoms with Crippen LogP contribution in [0.25, 0.3) is 0 Å². The molecular formula is C20H23FN2O. The van der Waals surface area contributed by atoms with Gasteiger partial charge in [-0.05, 0) is 42.0 Å². The SMILES string of the molecule is NC(CC(=O)NC(c1ccc(F)cc1)C1CCC1)c1ccccc1. The predicted molar refractivity (Wildman–Crippen MR) is 92.6 cm³/mol. The van der Waals surface area contributed by atoms with Crippen molar-refractivity contribution >= 4 is 5.91 Å². The van der Waals surface area contributed by atoms with E-state index in [0.29, 0.717) is 5.92 Å². The zero-order valence-electron chi connectivity index (χ0n) is 13.6. The average Bonchev–Trinajstić information content (AvgIpc) is 2.54. The summed E-state index contributed by atoms with van der Waals surface area (Å²) in [5.41, 5.74) is 8.06. The molecule has 2 aromatic carbocycles. The number of carbonyl (C=O) groups excluding carboxylic acids is 1. The summed E-state index contributed by atoms with van der Waals surface area (Å²) >= 11 is 0. The highest BCUT2D eigenvalue weighted by atomic mass is 19.1. The minimum absolute atomic E-state index is 0.0603. The number of carbonyl (C=O) groups is 1. The summed E-state index contributed by atoms with van der Waals surface area (Å²) < 4.78 is 13.2. The van der Waals surface area contributed by atoms with Crippen molar-refractivity contribution in [3.05, 3.63) is 71.5 Å². The maximum Gasteiger partial charge on any atom is 0.222 e. The van der Waals surface area contributed by atoms with Crippen molar-refractivity contribution in [2.24, 2.45) is 11.7 Å². The topological polar surface area (TPSA) is 55.1 Å². The molecule has 2 unspecified atom stereocenters. The van der Waals surface area contributed by atoms with Gasteiger partial charge < -0.3 is 11.1 Å². The van der Waals surface area contributed by atoms with Crippen molar-refractivity contribution in [3.8, 4) is 0 Å². The van der Waals surface area contributed by atoms with Gasteiger partial charge in [0.1, 0.15) is 5.82 Å². The van der Waals surface area contributed by atoms with Crippen molar-refractivity contribution in [3.63, 3.8) is 0 Å². The molecule has 0 aromatic heterocycles. The molecule has 4 heteroatoms. The first kappa shape index (κ1) is 16.7. The number of rotatable bonds is 6. The maximum absolute atomic E-state index is 13.2. The van der Waals surface area contributed by atoms with Crippen LogP contribution < -0.4 is 11.1 Å². The third-order valence-corrected chi connectivity index (χ3v) is 4.80. The molecule has 3 N–H and O–H groups in total. The van der Waals surface area contributed by atoms with E-state index >= 15 is 0 Å². The molecule has 1 saturated carbocycles. The number of hydrogen-bond donors (Lipinski definition) is 2. The molecule has 0 bridgehead atoms. The van der Waals surface area contributed by atoms with Crippen LogP contribution in [0.4, 0.5) is 4.39 Å². The smallest absolute Gasteiger partial charge is 0.222 e. The normalized spacial score (nSPS) is 16.9. The summed E-state index contributed by atoms with van der Waals surface area (Å²) in [6.07, 6.45) is 3.61. The molecule has 24 heavy (non-hydrogen) atoms. The molecule has 0 spiro atoms. The fourth-order valence-corrected chi connectivity index (χ4v) is 3.17. The largest absolute Gasteiger partial charge is 0.349 e. The first-order valence-electron chi connectivity index (χ1n) is 8.49. The minimum atomic E-state index is -0.318. The Labute approximate surface area is 142 Å². The van der Waals surface area contributed by atoms with Gasteiger partial charge in [-0.15, -0.1) is 0 Å². The van der Waals surface area contributed by atoms with E-state index < -0.39 is 0 Å². The van der Waals surface area contributed by atoms with Gasteiger partial charge in [0.15, 0.2) is 0 Å². The van der Waals surface area contributed by atoms with Crippen LogP contribution in [0.15, 0.2) is 54.6 Å². The molecule has 1 fully saturated rings. The van der Waals surface area contributed by atoms with Gasteiger partial charge in [0.2, 0.25) is 5.91 Å². The molecule has 1 aliphatic rings. The molecule has 2 atom stereocenters. The Bertz CT molecular complexity index is 668. The van der Waals surface area contributed by atoms with Crippen LogP contribution in [0.5, 0.6) is 0 Å². The van der Waals surface area contributed by atoms with Crippen LogP contribution in [-0.2, 0) is 4.79 Å². The standard InChI is InChI=1S/C20H23FN2O/c21-17-11-9-16(10-12-17)20(15-7-4-8-15)23-19(24)13-18(22)14-5-2-1-3-6-14/h1-3,5-6,9-12,15,18,20H,4,7-8,13,22H2,(H,23,24). The van der Waals surface area contributed by atoms with Crippen LogP contribution in [0, 0.1) is 11.7 Å². The highest BCUT2D eigenvalue weighted by molar-refractivity contribution is 5.77. The highest BCUT2D eigenvalue weighted by Crippen LogP contribution is 2.37. The number of benzene rings is 2. The Morgan fingerprint density at radius 1 is 1.08 bits per heavy atom. The molecule has 1 amide bonds. The zero-order chi connectivity index (χ0) is 16.9. The Morgan fingerprint density at radius 2 is 1.75 bits per heavy atom. The second-order valence-corrected chi connectivity index (χ2v) is 6.51. The lowest BCUT2D eigenvalue weighted by Crippen LogP contribution is -2.37. The monoisotopic (exact) mass is 326 g/mol. The van der Waals surface area contributed by atoms with Gasteiger partial charge >= 0.3 is 0 Å². The van der Waals surface area contributed by atoms with E-state index in [9.17, 15) is 9.18 Å². The molecule has 0 radical (unpaired) electrons. The summed E-state index contributed by atoms with van der Waals surface area (Å²) in [4.78, 5) is 12.5. The fraction of sp³-hybridized carbons (Fsp3) is 0.350. The molecule has 3 nitrogen and oxygen atoms in total. The van der Waals surface area contributed by atoms with E-state index in [0.717, 1.165) is 24.0 Å². The Morgan fingerprint density at radius 3 is 2.33 bits per heavy atom. The lowest BCUT2D eigenvalue weighted by molar-refractivity contribution is -0.122. The minimum Gasteiger partial charge on any atom is -0.349 e. The van der Waals surface area contributed by atoms with Gasteiger partial charge in [-0.1, -0.05) is 48.9 Å². The second kappa shape index (κ2) is 7.58. The average molecular weight is 326 g/mol. The summed E-state index contributed by atoms with van der Waals surface area (Å²) in [5.74, 6) is 0.100. The van der Waals surface area contributed by atoms with E-state index in [-0.39, 0.29) is 30.2 Å². The molecule has 2 aromatic rings. The van der Waals surface area contributed by atoms with E-state index in [4.69, 9.17) is 5.73 Å². The van der Waals surface area contributed by atoms with Crippen molar-refractivity contribution < 1.29 is 9.18 Å². The van der Waals surface area contributed by atoms with E-state index in [1.165, 1.54) is 18.6 Å². The molecule has 1 aliphatic carbocycles. The zero-order valence-corrected chi connectivity index (χ0v) is 13.6. The van der Waals surface area contributed by atoms with Crippen molar-refractivity contribution in [2.45, 2.75) is 37.8 Å². The van der Waals surface area contributed by atoms with E-state index in [1.807, 2.05) is 30.3 Å². The van der Waals surface area contributed by atoms with Crippen LogP contribution in [0.2, 0.25) is 0 Å². The molecule has 0 saturated heterocycles. The molecular weight excluding hydrogens is 303 g/mol. The third kappa shape index (κ3) is 4.01. The summed E-state index contributed by atoms with van der Waals surface area (Å²) in [7, 11) is 0. The van der Waals surface area contributed by atoms with Crippen molar-refractivity contribution in [2.75, 3.05) is 0 Å². The first-order chi connectivity index (χ1) is 11.6. The van der Waals surface area contributed by atoms with Gasteiger partial charge in [-0.2, -0.15) is 0 Å². The highest BCUT2D eigenvalue weighted by Gasteiger charge is 2.30. The van der Waals surface area contributed by atoms with Gasteiger partial charge in [0, 0.05) is 12.5 Å². The Hall–Kier alpha value is -2.20. The molecule has 0 aliphatic heterocycles. The number of amides is 1. The number of nitrogens with one attached hydrogen (secondary N) is 1. The summed E-state index contributed by atoms with van der Waals surface area (Å²) in [5, 5.41) is 3.11. The number of hydrogen-bond acceptors (Lipinski definition) is 2. The number of nitrogens with two attached hydrogens (primary N) is 1. The van der Waals surface area contributed by atoms with Crippen molar-refractivity contribution in [1.29, 1.82) is 0 Å². The van der Waals surface area contributed by atoms with Crippen LogP contribution >= 0.6 is 0 Å². The third-order valence-electron chi connectivity index (χ3n) is 4.80. The predicted octanol–water partition coefficient (Wildman–Crippen LogP) is 3.87. The lowest BCUT2D eigenvalue weighted by Gasteiger charge is -2.35. The van der Waals surface area contributed by atoms with Gasteiger partial charge in [-0.3, -0.25) is 4.79 Å². The first-order valence-corrected chi connectivity index (χ1v) is 8.49. The fourth-order valence-electron chi connectivity index (χ4n) is 3.17. The van der Waals surface area contributed by atoms with Gasteiger partial charge in [-0.25, -0.2) is 4.39 Å². The van der Waals surface area contributed by atoms with Crippen LogP contribution in [0.3, 0.4) is 0 Å². The van der Waals surface area contributed by atoms with Gasteiger partial charge in [0.05, 0.1) is 6.04 Å². The summed E-state index contributed by atoms with van der Waals surface area (Å²) in [6, 6.07) is 15.7. The van der Waals surface area contributed by atoms with E-state index in [1.54, 1.807) is 12.1 Å². The second-order valence-electron chi connectivity index (χ2n) is 6.51. The molecule has 3 rings (SSSR count). The van der Waals surface area contributed by atoms with Crippen LogP contribution in [0.1, 0.15) is 48.9 Å². The number of halogens is 1. The maximum atomic E-state index is 13.2. The lowest BCUT2D eigenvalue weighted by atomic mass is 9.77. The Kier molecular flexibility index (Phi) is 5.26. The van der Waals surface area contributed by atoms with Crippen molar-refractivity contribution in [1.82, 2.24) is 5.32 Å². The van der Waals surface area contributed by atoms with E-state index in [2.05, 4.69) is 5.32 Å². The quantitative estimate of drug-likeness (QED) is 0.846.